The van der Waals surface area contributed by atoms with Crippen molar-refractivity contribution in [3.8, 4) is 0 Å². The fraction of sp³-hybridized carbons (Fsp3) is 0.714. The molecule has 1 rings (SSSR count). The van der Waals surface area contributed by atoms with Crippen molar-refractivity contribution in [2.75, 3.05) is 33.7 Å². The number of aryl methyl sites for hydroxylation is 2. The van der Waals surface area contributed by atoms with E-state index in [1.165, 1.54) is 5.69 Å². The molecule has 0 atom stereocenters. The Kier molecular flexibility index (Phi) is 8.21. The third-order valence-electron chi connectivity index (χ3n) is 3.19. The Morgan fingerprint density at radius 2 is 1.86 bits per heavy atom. The molecule has 0 aliphatic carbocycles. The van der Waals surface area contributed by atoms with Crippen LogP contribution in [0.3, 0.4) is 0 Å². The lowest BCUT2D eigenvalue weighted by molar-refractivity contribution is 0.400. The van der Waals surface area contributed by atoms with Crippen molar-refractivity contribution in [1.82, 2.24) is 25.3 Å². The Hall–Kier alpha value is -0.660. The monoisotopic (exact) mass is 375 g/mol. The molecule has 0 saturated heterocycles. The molecule has 0 fully saturated rings. The second kappa shape index (κ2) is 9.38. The first-order valence-electron chi connectivity index (χ1n) is 7.27. The van der Waals surface area contributed by atoms with E-state index < -0.39 is 0 Å². The van der Waals surface area contributed by atoms with Crippen molar-refractivity contribution >= 4 is 33.3 Å². The number of nitrogens with zero attached hydrogens (tertiary/aromatic N) is 3. The van der Waals surface area contributed by atoms with Gasteiger partial charge >= 0.3 is 0 Å². The smallest absolute Gasteiger partial charge is 0.166 e. The maximum absolute atomic E-state index is 5.25. The average molecular weight is 376 g/mol. The first-order valence-corrected chi connectivity index (χ1v) is 8.48. The molecule has 0 bridgehead atoms. The molecule has 0 radical (unpaired) electrons. The summed E-state index contributed by atoms with van der Waals surface area (Å²) in [6, 6.07) is 0. The minimum absolute atomic E-state index is 0.739. The summed E-state index contributed by atoms with van der Waals surface area (Å²) in [7, 11) is 4.15. The van der Waals surface area contributed by atoms with Gasteiger partial charge < -0.3 is 15.5 Å². The van der Waals surface area contributed by atoms with Crippen LogP contribution in [0.25, 0.3) is 0 Å². The van der Waals surface area contributed by atoms with Gasteiger partial charge in [0.05, 0.1) is 10.2 Å². The average Bonchev–Trinajstić information content (AvgIpc) is 2.67. The normalized spacial score (nSPS) is 11.0. The highest BCUT2D eigenvalue weighted by atomic mass is 79.9. The predicted octanol–water partition coefficient (Wildman–Crippen LogP) is 2.07. The second-order valence-electron chi connectivity index (χ2n) is 5.40. The Balaban J connectivity index is 2.13. The van der Waals surface area contributed by atoms with Crippen molar-refractivity contribution in [2.45, 2.75) is 33.2 Å². The molecular formula is C14H26BrN5S. The fourth-order valence-corrected chi connectivity index (χ4v) is 2.47. The van der Waals surface area contributed by atoms with Gasteiger partial charge in [0.15, 0.2) is 5.11 Å². The zero-order valence-electron chi connectivity index (χ0n) is 13.4. The van der Waals surface area contributed by atoms with Crippen molar-refractivity contribution in [1.29, 1.82) is 0 Å². The predicted molar refractivity (Wildman–Crippen MR) is 95.8 cm³/mol. The highest BCUT2D eigenvalue weighted by Crippen LogP contribution is 2.19. The van der Waals surface area contributed by atoms with Crippen LogP contribution in [-0.2, 0) is 6.54 Å². The molecule has 1 heterocycles. The zero-order chi connectivity index (χ0) is 15.8. The molecule has 120 valence electrons. The van der Waals surface area contributed by atoms with E-state index in [1.807, 2.05) is 11.6 Å². The highest BCUT2D eigenvalue weighted by Gasteiger charge is 2.07. The number of thiocarbonyl (C=S) groups is 1. The first-order chi connectivity index (χ1) is 9.91. The number of hydrogen-bond acceptors (Lipinski definition) is 3. The number of aromatic nitrogens is 2. The summed E-state index contributed by atoms with van der Waals surface area (Å²) in [5.41, 5.74) is 2.22. The van der Waals surface area contributed by atoms with E-state index in [-0.39, 0.29) is 0 Å². The Bertz CT molecular complexity index is 458. The maximum atomic E-state index is 5.25. The largest absolute Gasteiger partial charge is 0.363 e. The van der Waals surface area contributed by atoms with E-state index in [1.54, 1.807) is 0 Å². The minimum Gasteiger partial charge on any atom is -0.363 e. The van der Waals surface area contributed by atoms with Crippen molar-refractivity contribution in [3.05, 3.63) is 15.9 Å². The zero-order valence-corrected chi connectivity index (χ0v) is 15.8. The lowest BCUT2D eigenvalue weighted by Gasteiger charge is -2.12. The summed E-state index contributed by atoms with van der Waals surface area (Å²) in [5, 5.41) is 11.7. The van der Waals surface area contributed by atoms with E-state index in [4.69, 9.17) is 12.2 Å². The van der Waals surface area contributed by atoms with Gasteiger partial charge in [-0.15, -0.1) is 0 Å². The van der Waals surface area contributed by atoms with E-state index in [0.29, 0.717) is 0 Å². The van der Waals surface area contributed by atoms with Gasteiger partial charge in [-0.1, -0.05) is 0 Å². The summed E-state index contributed by atoms with van der Waals surface area (Å²) in [4.78, 5) is 2.17. The molecule has 0 saturated carbocycles. The lowest BCUT2D eigenvalue weighted by Crippen LogP contribution is -2.37. The van der Waals surface area contributed by atoms with Crippen LogP contribution in [0.4, 0.5) is 0 Å². The number of nitrogens with one attached hydrogen (secondary N) is 2. The Labute approximate surface area is 141 Å². The summed E-state index contributed by atoms with van der Waals surface area (Å²) < 4.78 is 3.14. The molecule has 0 aliphatic rings. The number of rotatable bonds is 8. The molecular weight excluding hydrogens is 350 g/mol. The van der Waals surface area contributed by atoms with Gasteiger partial charge in [-0.25, -0.2) is 0 Å². The second-order valence-corrected chi connectivity index (χ2v) is 6.60. The molecule has 5 nitrogen and oxygen atoms in total. The van der Waals surface area contributed by atoms with Gasteiger partial charge in [0.25, 0.3) is 0 Å². The third kappa shape index (κ3) is 6.76. The van der Waals surface area contributed by atoms with Crippen LogP contribution in [-0.4, -0.2) is 53.5 Å². The SMILES string of the molecule is Cc1nn(CCCNC(=S)NCCCN(C)C)c(C)c1Br. The molecule has 2 N–H and O–H groups in total. The molecule has 1 aromatic heterocycles. The standard InChI is InChI=1S/C14H26BrN5S/c1-11-13(15)12(2)20(18-11)10-6-8-17-14(21)16-7-5-9-19(3)4/h5-10H2,1-4H3,(H2,16,17,21). The minimum atomic E-state index is 0.739. The van der Waals surface area contributed by atoms with Gasteiger partial charge in [0.2, 0.25) is 0 Å². The number of halogens is 1. The molecule has 0 aromatic carbocycles. The summed E-state index contributed by atoms with van der Waals surface area (Å²) in [5.74, 6) is 0. The van der Waals surface area contributed by atoms with Gasteiger partial charge in [0, 0.05) is 25.3 Å². The summed E-state index contributed by atoms with van der Waals surface area (Å²) in [6.45, 7) is 7.83. The quantitative estimate of drug-likeness (QED) is 0.537. The van der Waals surface area contributed by atoms with Gasteiger partial charge in [-0.2, -0.15) is 5.10 Å². The molecule has 0 unspecified atom stereocenters. The van der Waals surface area contributed by atoms with E-state index >= 15 is 0 Å². The van der Waals surface area contributed by atoms with Crippen molar-refractivity contribution < 1.29 is 0 Å². The van der Waals surface area contributed by atoms with E-state index in [9.17, 15) is 0 Å². The lowest BCUT2D eigenvalue weighted by atomic mass is 10.4. The topological polar surface area (TPSA) is 45.1 Å². The molecule has 1 aromatic rings. The third-order valence-corrected chi connectivity index (χ3v) is 4.63. The fourth-order valence-electron chi connectivity index (χ4n) is 1.98. The number of hydrogen-bond donors (Lipinski definition) is 2. The van der Waals surface area contributed by atoms with E-state index in [0.717, 1.165) is 54.3 Å². The van der Waals surface area contributed by atoms with Crippen molar-refractivity contribution in [2.24, 2.45) is 0 Å². The molecule has 0 aliphatic heterocycles. The summed E-state index contributed by atoms with van der Waals surface area (Å²) in [6.07, 6.45) is 2.09. The van der Waals surface area contributed by atoms with Crippen LogP contribution in [0.1, 0.15) is 24.2 Å². The van der Waals surface area contributed by atoms with Crippen LogP contribution in [0.5, 0.6) is 0 Å². The maximum Gasteiger partial charge on any atom is 0.166 e. The van der Waals surface area contributed by atoms with E-state index in [2.05, 4.69) is 57.6 Å². The Morgan fingerprint density at radius 3 is 2.38 bits per heavy atom. The van der Waals surface area contributed by atoms with Crippen LogP contribution >= 0.6 is 28.1 Å². The van der Waals surface area contributed by atoms with Crippen LogP contribution in [0.15, 0.2) is 4.47 Å². The molecule has 0 spiro atoms. The molecule has 0 amide bonds. The summed E-state index contributed by atoms with van der Waals surface area (Å²) >= 11 is 8.79. The molecule has 7 heteroatoms. The van der Waals surface area contributed by atoms with Crippen LogP contribution < -0.4 is 10.6 Å². The van der Waals surface area contributed by atoms with Gasteiger partial charge in [-0.05, 0) is 75.5 Å². The van der Waals surface area contributed by atoms with Crippen LogP contribution in [0, 0.1) is 13.8 Å². The van der Waals surface area contributed by atoms with Crippen molar-refractivity contribution in [3.63, 3.8) is 0 Å². The highest BCUT2D eigenvalue weighted by molar-refractivity contribution is 9.10. The molecule has 21 heavy (non-hydrogen) atoms. The first kappa shape index (κ1) is 18.4. The van der Waals surface area contributed by atoms with Gasteiger partial charge in [-0.3, -0.25) is 4.68 Å². The Morgan fingerprint density at radius 1 is 1.24 bits per heavy atom. The van der Waals surface area contributed by atoms with Gasteiger partial charge in [0.1, 0.15) is 0 Å². The van der Waals surface area contributed by atoms with Crippen LogP contribution in [0.2, 0.25) is 0 Å².